The summed E-state index contributed by atoms with van der Waals surface area (Å²) in [4.78, 5) is 1.99. The Bertz CT molecular complexity index is 300. The van der Waals surface area contributed by atoms with Gasteiger partial charge in [0.05, 0.1) is 8.61 Å². The molecule has 0 aliphatic rings. The highest BCUT2D eigenvalue weighted by Crippen LogP contribution is 2.42. The molecule has 1 heterocycles. The Balaban J connectivity index is 2.70. The van der Waals surface area contributed by atoms with E-state index < -0.39 is 0 Å². The average Bonchev–Trinajstić information content (AvgIpc) is 2.60. The quantitative estimate of drug-likeness (QED) is 0.505. The van der Waals surface area contributed by atoms with E-state index in [0.717, 1.165) is 5.92 Å². The van der Waals surface area contributed by atoms with Crippen molar-refractivity contribution >= 4 is 43.2 Å². The molecule has 16 heavy (non-hydrogen) atoms. The molecule has 0 saturated carbocycles. The second-order valence-corrected chi connectivity index (χ2v) is 7.71. The first kappa shape index (κ1) is 14.7. The molecule has 0 amide bonds. The van der Waals surface area contributed by atoms with Gasteiger partial charge in [0.25, 0.3) is 0 Å². The molecule has 0 saturated heterocycles. The van der Waals surface area contributed by atoms with E-state index in [-0.39, 0.29) is 0 Å². The first-order valence-electron chi connectivity index (χ1n) is 6.00. The lowest BCUT2D eigenvalue weighted by molar-refractivity contribution is 0.449. The summed E-state index contributed by atoms with van der Waals surface area (Å²) >= 11 is 9.36. The van der Waals surface area contributed by atoms with Gasteiger partial charge in [-0.3, -0.25) is 0 Å². The predicted octanol–water partition coefficient (Wildman–Crippen LogP) is 6.47. The van der Waals surface area contributed by atoms with Gasteiger partial charge in [0.1, 0.15) is 0 Å². The van der Waals surface area contributed by atoms with Crippen molar-refractivity contribution < 1.29 is 0 Å². The van der Waals surface area contributed by atoms with E-state index in [1.54, 1.807) is 0 Å². The normalized spacial score (nSPS) is 15.1. The standard InChI is InChI=1S/C13H20Br2S/c1-4-6-7-10(5-2)12(14)11-8-9(3)13(15)16-11/h8,10,12H,4-7H2,1-3H3. The van der Waals surface area contributed by atoms with Crippen LogP contribution in [-0.4, -0.2) is 0 Å². The van der Waals surface area contributed by atoms with E-state index in [1.165, 1.54) is 39.9 Å². The lowest BCUT2D eigenvalue weighted by Gasteiger charge is -2.19. The first-order valence-corrected chi connectivity index (χ1v) is 8.52. The van der Waals surface area contributed by atoms with Gasteiger partial charge in [0.2, 0.25) is 0 Å². The molecular formula is C13H20Br2S. The van der Waals surface area contributed by atoms with Crippen LogP contribution in [0.1, 0.15) is 54.8 Å². The fourth-order valence-electron chi connectivity index (χ4n) is 1.88. The van der Waals surface area contributed by atoms with Gasteiger partial charge in [0, 0.05) is 4.88 Å². The molecule has 1 aromatic heterocycles. The zero-order valence-electron chi connectivity index (χ0n) is 10.2. The lowest BCUT2D eigenvalue weighted by Crippen LogP contribution is -2.05. The monoisotopic (exact) mass is 366 g/mol. The summed E-state index contributed by atoms with van der Waals surface area (Å²) in [7, 11) is 0. The summed E-state index contributed by atoms with van der Waals surface area (Å²) < 4.78 is 1.28. The summed E-state index contributed by atoms with van der Waals surface area (Å²) in [6.45, 7) is 6.72. The van der Waals surface area contributed by atoms with Crippen LogP contribution in [0.3, 0.4) is 0 Å². The highest BCUT2D eigenvalue weighted by atomic mass is 79.9. The molecule has 2 unspecified atom stereocenters. The molecule has 0 aromatic carbocycles. The van der Waals surface area contributed by atoms with Crippen LogP contribution < -0.4 is 0 Å². The van der Waals surface area contributed by atoms with Crippen molar-refractivity contribution in [2.45, 2.75) is 51.3 Å². The fourth-order valence-corrected chi connectivity index (χ4v) is 4.57. The van der Waals surface area contributed by atoms with Gasteiger partial charge >= 0.3 is 0 Å². The Hall–Kier alpha value is 0.660. The van der Waals surface area contributed by atoms with Crippen LogP contribution in [0.5, 0.6) is 0 Å². The van der Waals surface area contributed by atoms with Crippen molar-refractivity contribution in [1.29, 1.82) is 0 Å². The van der Waals surface area contributed by atoms with E-state index in [4.69, 9.17) is 0 Å². The molecule has 0 bridgehead atoms. The van der Waals surface area contributed by atoms with Crippen LogP contribution in [0.4, 0.5) is 0 Å². The Morgan fingerprint density at radius 1 is 1.38 bits per heavy atom. The Kier molecular flexibility index (Phi) is 6.60. The molecule has 1 aromatic rings. The van der Waals surface area contributed by atoms with Gasteiger partial charge in [-0.25, -0.2) is 0 Å². The van der Waals surface area contributed by atoms with E-state index in [0.29, 0.717) is 4.83 Å². The summed E-state index contributed by atoms with van der Waals surface area (Å²) in [5.41, 5.74) is 1.36. The lowest BCUT2D eigenvalue weighted by atomic mass is 9.95. The van der Waals surface area contributed by atoms with Crippen molar-refractivity contribution in [3.63, 3.8) is 0 Å². The maximum Gasteiger partial charge on any atom is 0.0730 e. The molecule has 0 radical (unpaired) electrons. The molecule has 0 spiro atoms. The Labute approximate surface area is 120 Å². The van der Waals surface area contributed by atoms with E-state index in [1.807, 2.05) is 11.3 Å². The van der Waals surface area contributed by atoms with E-state index in [2.05, 4.69) is 58.7 Å². The number of unbranched alkanes of at least 4 members (excludes halogenated alkanes) is 1. The third-order valence-electron chi connectivity index (χ3n) is 3.01. The van der Waals surface area contributed by atoms with Gasteiger partial charge in [-0.2, -0.15) is 0 Å². The van der Waals surface area contributed by atoms with Gasteiger partial charge in [-0.05, 0) is 46.8 Å². The third kappa shape index (κ3) is 3.85. The molecule has 0 nitrogen and oxygen atoms in total. The molecule has 3 heteroatoms. The molecule has 0 N–H and O–H groups in total. The zero-order chi connectivity index (χ0) is 12.1. The summed E-state index contributed by atoms with van der Waals surface area (Å²) in [6.07, 6.45) is 5.22. The van der Waals surface area contributed by atoms with Crippen molar-refractivity contribution in [1.82, 2.24) is 0 Å². The molecule has 0 aliphatic carbocycles. The van der Waals surface area contributed by atoms with Gasteiger partial charge in [-0.1, -0.05) is 49.0 Å². The fraction of sp³-hybridized carbons (Fsp3) is 0.692. The van der Waals surface area contributed by atoms with Crippen molar-refractivity contribution in [3.05, 3.63) is 20.3 Å². The number of rotatable bonds is 6. The third-order valence-corrected chi connectivity index (χ3v) is 6.78. The SMILES string of the molecule is CCCCC(CC)C(Br)c1cc(C)c(Br)s1. The molecule has 0 aliphatic heterocycles. The maximum atomic E-state index is 3.88. The average molecular weight is 368 g/mol. The Morgan fingerprint density at radius 2 is 2.06 bits per heavy atom. The predicted molar refractivity (Wildman–Crippen MR) is 81.7 cm³/mol. The van der Waals surface area contributed by atoms with Crippen LogP contribution in [0.2, 0.25) is 0 Å². The van der Waals surface area contributed by atoms with Gasteiger partial charge in [-0.15, -0.1) is 11.3 Å². The summed E-state index contributed by atoms with van der Waals surface area (Å²) in [5.74, 6) is 0.768. The Morgan fingerprint density at radius 3 is 2.50 bits per heavy atom. The number of thiophene rings is 1. The number of halogens is 2. The van der Waals surface area contributed by atoms with Crippen LogP contribution in [0.25, 0.3) is 0 Å². The first-order chi connectivity index (χ1) is 7.60. The number of aryl methyl sites for hydroxylation is 1. The number of hydrogen-bond donors (Lipinski definition) is 0. The highest BCUT2D eigenvalue weighted by Gasteiger charge is 2.20. The zero-order valence-corrected chi connectivity index (χ0v) is 14.2. The minimum Gasteiger partial charge on any atom is -0.132 e. The molecular weight excluding hydrogens is 348 g/mol. The van der Waals surface area contributed by atoms with Crippen LogP contribution in [-0.2, 0) is 0 Å². The minimum atomic E-state index is 0.527. The van der Waals surface area contributed by atoms with E-state index in [9.17, 15) is 0 Å². The largest absolute Gasteiger partial charge is 0.132 e. The number of alkyl halides is 1. The van der Waals surface area contributed by atoms with Crippen molar-refractivity contribution in [2.24, 2.45) is 5.92 Å². The van der Waals surface area contributed by atoms with Crippen LogP contribution in [0, 0.1) is 12.8 Å². The van der Waals surface area contributed by atoms with E-state index >= 15 is 0 Å². The van der Waals surface area contributed by atoms with Crippen molar-refractivity contribution in [2.75, 3.05) is 0 Å². The smallest absolute Gasteiger partial charge is 0.0730 e. The van der Waals surface area contributed by atoms with Gasteiger partial charge < -0.3 is 0 Å². The second kappa shape index (κ2) is 7.17. The van der Waals surface area contributed by atoms with Gasteiger partial charge in [0.15, 0.2) is 0 Å². The molecule has 92 valence electrons. The molecule has 2 atom stereocenters. The topological polar surface area (TPSA) is 0 Å². The van der Waals surface area contributed by atoms with Crippen LogP contribution >= 0.6 is 43.2 Å². The number of hydrogen-bond acceptors (Lipinski definition) is 1. The second-order valence-electron chi connectivity index (χ2n) is 4.32. The molecule has 0 fully saturated rings. The van der Waals surface area contributed by atoms with Crippen molar-refractivity contribution in [3.8, 4) is 0 Å². The van der Waals surface area contributed by atoms with Crippen LogP contribution in [0.15, 0.2) is 9.85 Å². The minimum absolute atomic E-state index is 0.527. The highest BCUT2D eigenvalue weighted by molar-refractivity contribution is 9.11. The summed E-state index contributed by atoms with van der Waals surface area (Å²) in [6, 6.07) is 2.31. The molecule has 1 rings (SSSR count). The maximum absolute atomic E-state index is 3.88. The summed E-state index contributed by atoms with van der Waals surface area (Å²) in [5, 5.41) is 0.